The fourth-order valence-corrected chi connectivity index (χ4v) is 4.26. The number of hydrogen-bond donors (Lipinski definition) is 0. The fourth-order valence-electron chi connectivity index (χ4n) is 3.66. The second kappa shape index (κ2) is 6.53. The number of benzene rings is 1. The van der Waals surface area contributed by atoms with Crippen molar-refractivity contribution >= 4 is 34.8 Å². The van der Waals surface area contributed by atoms with Gasteiger partial charge >= 0.3 is 5.97 Å². The number of anilines is 1. The number of allylic oxidation sites excluding steroid dienone is 2. The highest BCUT2D eigenvalue weighted by Crippen LogP contribution is 2.42. The average Bonchev–Trinajstić information content (AvgIpc) is 3.25. The van der Waals surface area contributed by atoms with E-state index in [-0.39, 0.29) is 35.3 Å². The molecule has 132 valence electrons. The molecule has 1 saturated heterocycles. The molecule has 2 aliphatic rings. The van der Waals surface area contributed by atoms with E-state index in [0.717, 1.165) is 0 Å². The molecule has 5 nitrogen and oxygen atoms in total. The lowest BCUT2D eigenvalue weighted by atomic mass is 9.78. The van der Waals surface area contributed by atoms with Crippen molar-refractivity contribution in [2.75, 3.05) is 4.90 Å². The van der Waals surface area contributed by atoms with Crippen LogP contribution in [0.1, 0.15) is 23.0 Å². The maximum atomic E-state index is 13.0. The van der Waals surface area contributed by atoms with Gasteiger partial charge < -0.3 is 4.74 Å². The molecule has 0 saturated carbocycles. The Morgan fingerprint density at radius 2 is 1.96 bits per heavy atom. The number of para-hydroxylation sites is 2. The zero-order valence-electron chi connectivity index (χ0n) is 14.1. The van der Waals surface area contributed by atoms with Crippen LogP contribution >= 0.6 is 11.3 Å². The van der Waals surface area contributed by atoms with Crippen molar-refractivity contribution in [3.8, 4) is 5.75 Å². The number of amides is 2. The number of nitrogens with zero attached hydrogens (tertiary/aromatic N) is 1. The molecule has 3 atom stereocenters. The van der Waals surface area contributed by atoms with Gasteiger partial charge in [-0.3, -0.25) is 9.59 Å². The van der Waals surface area contributed by atoms with Crippen LogP contribution < -0.4 is 9.64 Å². The van der Waals surface area contributed by atoms with Crippen molar-refractivity contribution in [1.82, 2.24) is 0 Å². The Kier molecular flexibility index (Phi) is 4.20. The van der Waals surface area contributed by atoms with Gasteiger partial charge in [0, 0.05) is 0 Å². The van der Waals surface area contributed by atoms with Crippen LogP contribution in [0, 0.1) is 17.8 Å². The molecule has 0 radical (unpaired) electrons. The van der Waals surface area contributed by atoms with Crippen molar-refractivity contribution in [2.24, 2.45) is 17.8 Å². The van der Waals surface area contributed by atoms with Gasteiger partial charge in [0.15, 0.2) is 5.75 Å². The lowest BCUT2D eigenvalue weighted by Gasteiger charge is -2.22. The Hall–Kier alpha value is -2.73. The van der Waals surface area contributed by atoms with Gasteiger partial charge in [0.2, 0.25) is 11.8 Å². The third-order valence-corrected chi connectivity index (χ3v) is 5.75. The first-order valence-electron chi connectivity index (χ1n) is 8.47. The SMILES string of the molecule is C[C@H]1C=CC[C@@H]2C(=O)N(c3ccccc3OC(=O)c3cccs3)C(=O)[C@@H]21. The maximum absolute atomic E-state index is 13.0. The van der Waals surface area contributed by atoms with Gasteiger partial charge in [-0.15, -0.1) is 11.3 Å². The normalized spacial score (nSPS) is 24.7. The summed E-state index contributed by atoms with van der Waals surface area (Å²) in [6.45, 7) is 1.95. The highest BCUT2D eigenvalue weighted by Gasteiger charge is 2.51. The van der Waals surface area contributed by atoms with Crippen molar-refractivity contribution in [2.45, 2.75) is 13.3 Å². The molecule has 2 heterocycles. The van der Waals surface area contributed by atoms with E-state index < -0.39 is 5.97 Å². The van der Waals surface area contributed by atoms with Crippen LogP contribution in [0.4, 0.5) is 5.69 Å². The topological polar surface area (TPSA) is 63.7 Å². The first-order chi connectivity index (χ1) is 12.6. The second-order valence-electron chi connectivity index (χ2n) is 6.50. The Labute approximate surface area is 154 Å². The van der Waals surface area contributed by atoms with Crippen LogP contribution in [-0.2, 0) is 9.59 Å². The highest BCUT2D eigenvalue weighted by atomic mass is 32.1. The lowest BCUT2D eigenvalue weighted by molar-refractivity contribution is -0.122. The summed E-state index contributed by atoms with van der Waals surface area (Å²) in [5.74, 6) is -1.42. The Morgan fingerprint density at radius 3 is 2.69 bits per heavy atom. The van der Waals surface area contributed by atoms with E-state index in [0.29, 0.717) is 17.0 Å². The molecule has 0 spiro atoms. The van der Waals surface area contributed by atoms with Crippen LogP contribution in [0.2, 0.25) is 0 Å². The number of carbonyl (C=O) groups excluding carboxylic acids is 3. The molecule has 2 amide bonds. The Balaban J connectivity index is 1.67. The molecule has 1 aliphatic carbocycles. The van der Waals surface area contributed by atoms with Gasteiger partial charge in [-0.05, 0) is 35.9 Å². The number of fused-ring (bicyclic) bond motifs is 1. The number of imide groups is 1. The molecule has 2 aromatic rings. The van der Waals surface area contributed by atoms with E-state index in [9.17, 15) is 14.4 Å². The molecule has 26 heavy (non-hydrogen) atoms. The summed E-state index contributed by atoms with van der Waals surface area (Å²) < 4.78 is 5.49. The second-order valence-corrected chi connectivity index (χ2v) is 7.45. The van der Waals surface area contributed by atoms with Crippen LogP contribution in [0.15, 0.2) is 53.9 Å². The molecule has 0 unspecified atom stereocenters. The summed E-state index contributed by atoms with van der Waals surface area (Å²) in [4.78, 5) is 39.8. The predicted molar refractivity (Wildman–Crippen MR) is 98.1 cm³/mol. The number of carbonyl (C=O) groups is 3. The maximum Gasteiger partial charge on any atom is 0.353 e. The van der Waals surface area contributed by atoms with Crippen LogP contribution in [0.25, 0.3) is 0 Å². The van der Waals surface area contributed by atoms with Crippen LogP contribution in [0.3, 0.4) is 0 Å². The largest absolute Gasteiger partial charge is 0.420 e. The summed E-state index contributed by atoms with van der Waals surface area (Å²) in [5.41, 5.74) is 0.328. The van der Waals surface area contributed by atoms with Crippen molar-refractivity contribution in [3.63, 3.8) is 0 Å². The van der Waals surface area contributed by atoms with Gasteiger partial charge in [-0.2, -0.15) is 0 Å². The molecule has 1 aliphatic heterocycles. The minimum absolute atomic E-state index is 0.0102. The van der Waals surface area contributed by atoms with E-state index in [2.05, 4.69) is 0 Å². The quantitative estimate of drug-likeness (QED) is 0.359. The average molecular weight is 367 g/mol. The highest BCUT2D eigenvalue weighted by molar-refractivity contribution is 7.12. The smallest absolute Gasteiger partial charge is 0.353 e. The zero-order chi connectivity index (χ0) is 18.3. The van der Waals surface area contributed by atoms with Gasteiger partial charge in [0.05, 0.1) is 17.5 Å². The van der Waals surface area contributed by atoms with E-state index in [4.69, 9.17) is 4.74 Å². The van der Waals surface area contributed by atoms with E-state index in [1.807, 2.05) is 19.1 Å². The van der Waals surface area contributed by atoms with Crippen molar-refractivity contribution < 1.29 is 19.1 Å². The zero-order valence-corrected chi connectivity index (χ0v) is 14.9. The summed E-state index contributed by atoms with van der Waals surface area (Å²) in [7, 11) is 0. The molecule has 1 aromatic carbocycles. The first-order valence-corrected chi connectivity index (χ1v) is 9.35. The van der Waals surface area contributed by atoms with Crippen LogP contribution in [-0.4, -0.2) is 17.8 Å². The molecule has 6 heteroatoms. The van der Waals surface area contributed by atoms with Gasteiger partial charge in [-0.1, -0.05) is 37.3 Å². The number of hydrogen-bond acceptors (Lipinski definition) is 5. The van der Waals surface area contributed by atoms with E-state index in [1.165, 1.54) is 16.2 Å². The Bertz CT molecular complexity index is 902. The fraction of sp³-hybridized carbons (Fsp3) is 0.250. The standard InChI is InChI=1S/C20H17NO4S/c1-12-6-4-7-13-17(12)19(23)21(18(13)22)14-8-2-3-9-15(14)25-20(24)16-10-5-11-26-16/h2-6,8-13,17H,7H2,1H3/t12-,13-,17+/m0/s1. The minimum Gasteiger partial charge on any atom is -0.420 e. The molecule has 1 aromatic heterocycles. The monoisotopic (exact) mass is 367 g/mol. The lowest BCUT2D eigenvalue weighted by Crippen LogP contribution is -2.32. The first kappa shape index (κ1) is 16.7. The van der Waals surface area contributed by atoms with Gasteiger partial charge in [0.25, 0.3) is 0 Å². The van der Waals surface area contributed by atoms with Crippen molar-refractivity contribution in [3.05, 3.63) is 58.8 Å². The van der Waals surface area contributed by atoms with E-state index >= 15 is 0 Å². The summed E-state index contributed by atoms with van der Waals surface area (Å²) in [6, 6.07) is 10.1. The number of thiophene rings is 1. The molecular weight excluding hydrogens is 350 g/mol. The molecule has 4 rings (SSSR count). The number of ether oxygens (including phenoxy) is 1. The summed E-state index contributed by atoms with van der Waals surface area (Å²) in [6.07, 6.45) is 4.51. The van der Waals surface area contributed by atoms with E-state index in [1.54, 1.807) is 41.8 Å². The van der Waals surface area contributed by atoms with Gasteiger partial charge in [0.1, 0.15) is 4.88 Å². The molecule has 0 N–H and O–H groups in total. The van der Waals surface area contributed by atoms with Crippen LogP contribution in [0.5, 0.6) is 5.75 Å². The minimum atomic E-state index is -0.501. The summed E-state index contributed by atoms with van der Waals surface area (Å²) in [5, 5.41) is 1.79. The molecule has 1 fully saturated rings. The third kappa shape index (κ3) is 2.66. The third-order valence-electron chi connectivity index (χ3n) is 4.90. The predicted octanol–water partition coefficient (Wildman–Crippen LogP) is 3.67. The summed E-state index contributed by atoms with van der Waals surface area (Å²) >= 11 is 1.28. The van der Waals surface area contributed by atoms with Crippen molar-refractivity contribution in [1.29, 1.82) is 0 Å². The molecular formula is C20H17NO4S. The number of rotatable bonds is 3. The van der Waals surface area contributed by atoms with Gasteiger partial charge in [-0.25, -0.2) is 9.69 Å². The Morgan fingerprint density at radius 1 is 1.15 bits per heavy atom. The molecule has 0 bridgehead atoms. The number of esters is 1.